The van der Waals surface area contributed by atoms with Crippen molar-refractivity contribution >= 4 is 11.6 Å². The van der Waals surface area contributed by atoms with Gasteiger partial charge in [-0.05, 0) is 44.5 Å². The molecule has 0 radical (unpaired) electrons. The fourth-order valence-corrected chi connectivity index (χ4v) is 2.00. The van der Waals surface area contributed by atoms with Gasteiger partial charge >= 0.3 is 0 Å². The van der Waals surface area contributed by atoms with Gasteiger partial charge in [0.05, 0.1) is 22.1 Å². The molecule has 0 aliphatic heterocycles. The van der Waals surface area contributed by atoms with Gasteiger partial charge in [0.1, 0.15) is 0 Å². The molecule has 0 aliphatic carbocycles. The summed E-state index contributed by atoms with van der Waals surface area (Å²) in [5.74, 6) is 0. The van der Waals surface area contributed by atoms with E-state index in [1.54, 1.807) is 0 Å². The van der Waals surface area contributed by atoms with E-state index in [9.17, 15) is 0 Å². The quantitative estimate of drug-likeness (QED) is 0.909. The highest BCUT2D eigenvalue weighted by atomic mass is 35.5. The van der Waals surface area contributed by atoms with E-state index in [0.29, 0.717) is 6.54 Å². The SMILES string of the molecule is Cc1nn(-c2cccc(CCN)c2)c(C)c1Cl. The van der Waals surface area contributed by atoms with E-state index in [4.69, 9.17) is 17.3 Å². The minimum absolute atomic E-state index is 0.654. The van der Waals surface area contributed by atoms with Gasteiger partial charge in [0.2, 0.25) is 0 Å². The lowest BCUT2D eigenvalue weighted by Gasteiger charge is -2.06. The number of halogens is 1. The molecular formula is C13H16ClN3. The van der Waals surface area contributed by atoms with E-state index >= 15 is 0 Å². The van der Waals surface area contributed by atoms with Crippen molar-refractivity contribution in [3.05, 3.63) is 46.2 Å². The zero-order valence-electron chi connectivity index (χ0n) is 10.1. The van der Waals surface area contributed by atoms with E-state index < -0.39 is 0 Å². The Morgan fingerprint density at radius 2 is 2.12 bits per heavy atom. The van der Waals surface area contributed by atoms with Gasteiger partial charge in [-0.1, -0.05) is 23.7 Å². The third kappa shape index (κ3) is 2.35. The van der Waals surface area contributed by atoms with Crippen LogP contribution in [0, 0.1) is 13.8 Å². The molecule has 0 atom stereocenters. The third-order valence-corrected chi connectivity index (χ3v) is 3.34. The molecule has 1 heterocycles. The normalized spacial score (nSPS) is 10.8. The Morgan fingerprint density at radius 3 is 2.71 bits per heavy atom. The number of aryl methyl sites for hydroxylation is 1. The summed E-state index contributed by atoms with van der Waals surface area (Å²) < 4.78 is 1.87. The van der Waals surface area contributed by atoms with Crippen LogP contribution in [0.4, 0.5) is 0 Å². The van der Waals surface area contributed by atoms with Gasteiger partial charge in [0.25, 0.3) is 0 Å². The monoisotopic (exact) mass is 249 g/mol. The Morgan fingerprint density at radius 1 is 1.35 bits per heavy atom. The highest BCUT2D eigenvalue weighted by Gasteiger charge is 2.10. The van der Waals surface area contributed by atoms with Crippen LogP contribution in [0.15, 0.2) is 24.3 Å². The maximum atomic E-state index is 6.15. The van der Waals surface area contributed by atoms with Crippen LogP contribution < -0.4 is 5.73 Å². The average Bonchev–Trinajstić information content (AvgIpc) is 2.58. The molecule has 1 aromatic carbocycles. The standard InChI is InChI=1S/C13H16ClN3/c1-9-13(14)10(2)17(16-9)12-5-3-4-11(8-12)6-7-15/h3-5,8H,6-7,15H2,1-2H3. The topological polar surface area (TPSA) is 43.8 Å². The van der Waals surface area contributed by atoms with Gasteiger partial charge < -0.3 is 5.73 Å². The molecule has 0 unspecified atom stereocenters. The first kappa shape index (κ1) is 12.1. The minimum Gasteiger partial charge on any atom is -0.330 e. The summed E-state index contributed by atoms with van der Waals surface area (Å²) in [5, 5.41) is 5.17. The van der Waals surface area contributed by atoms with Crippen molar-refractivity contribution in [2.45, 2.75) is 20.3 Å². The molecule has 4 heteroatoms. The molecule has 1 aromatic heterocycles. The molecule has 0 aliphatic rings. The molecule has 0 saturated heterocycles. The molecule has 0 bridgehead atoms. The van der Waals surface area contributed by atoms with Crippen molar-refractivity contribution in [3.63, 3.8) is 0 Å². The second kappa shape index (κ2) is 4.90. The number of aromatic nitrogens is 2. The van der Waals surface area contributed by atoms with Crippen molar-refractivity contribution in [3.8, 4) is 5.69 Å². The van der Waals surface area contributed by atoms with Crippen molar-refractivity contribution in [2.75, 3.05) is 6.54 Å². The highest BCUT2D eigenvalue weighted by molar-refractivity contribution is 6.31. The number of nitrogens with two attached hydrogens (primary N) is 1. The largest absolute Gasteiger partial charge is 0.330 e. The van der Waals surface area contributed by atoms with Gasteiger partial charge in [0.15, 0.2) is 0 Å². The summed E-state index contributed by atoms with van der Waals surface area (Å²) in [6.07, 6.45) is 0.876. The Balaban J connectivity index is 2.45. The number of rotatable bonds is 3. The Bertz CT molecular complexity index is 531. The molecule has 3 nitrogen and oxygen atoms in total. The molecular weight excluding hydrogens is 234 g/mol. The van der Waals surface area contributed by atoms with Crippen molar-refractivity contribution in [2.24, 2.45) is 5.73 Å². The summed E-state index contributed by atoms with van der Waals surface area (Å²) in [6, 6.07) is 8.22. The summed E-state index contributed by atoms with van der Waals surface area (Å²) in [7, 11) is 0. The van der Waals surface area contributed by atoms with Crippen molar-refractivity contribution in [1.82, 2.24) is 9.78 Å². The predicted octanol–water partition coefficient (Wildman–Crippen LogP) is 2.64. The first-order valence-corrected chi connectivity index (χ1v) is 6.02. The molecule has 2 aromatic rings. The van der Waals surface area contributed by atoms with Crippen LogP contribution in [0.25, 0.3) is 5.69 Å². The molecule has 0 spiro atoms. The smallest absolute Gasteiger partial charge is 0.0848 e. The van der Waals surface area contributed by atoms with Crippen LogP contribution >= 0.6 is 11.6 Å². The van der Waals surface area contributed by atoms with E-state index in [1.165, 1.54) is 5.56 Å². The minimum atomic E-state index is 0.654. The molecule has 17 heavy (non-hydrogen) atoms. The van der Waals surface area contributed by atoms with Crippen LogP contribution in [-0.2, 0) is 6.42 Å². The van der Waals surface area contributed by atoms with Crippen LogP contribution in [0.5, 0.6) is 0 Å². The molecule has 0 saturated carbocycles. The zero-order valence-corrected chi connectivity index (χ0v) is 10.8. The number of benzene rings is 1. The van der Waals surface area contributed by atoms with Crippen molar-refractivity contribution in [1.29, 1.82) is 0 Å². The lowest BCUT2D eigenvalue weighted by molar-refractivity contribution is 0.830. The van der Waals surface area contributed by atoms with Gasteiger partial charge in [-0.25, -0.2) is 4.68 Å². The number of hydrogen-bond acceptors (Lipinski definition) is 2. The molecule has 2 N–H and O–H groups in total. The van der Waals surface area contributed by atoms with E-state index in [0.717, 1.165) is 28.5 Å². The highest BCUT2D eigenvalue weighted by Crippen LogP contribution is 2.22. The summed E-state index contributed by atoms with van der Waals surface area (Å²) in [4.78, 5) is 0. The fraction of sp³-hybridized carbons (Fsp3) is 0.308. The number of nitrogens with zero attached hydrogens (tertiary/aromatic N) is 2. The Hall–Kier alpha value is -1.32. The maximum absolute atomic E-state index is 6.15. The molecule has 90 valence electrons. The maximum Gasteiger partial charge on any atom is 0.0848 e. The van der Waals surface area contributed by atoms with E-state index in [-0.39, 0.29) is 0 Å². The molecule has 2 rings (SSSR count). The zero-order chi connectivity index (χ0) is 12.4. The van der Waals surface area contributed by atoms with Crippen LogP contribution in [0.1, 0.15) is 17.0 Å². The van der Waals surface area contributed by atoms with E-state index in [2.05, 4.69) is 17.2 Å². The first-order valence-electron chi connectivity index (χ1n) is 5.64. The van der Waals surface area contributed by atoms with Crippen LogP contribution in [-0.4, -0.2) is 16.3 Å². The van der Waals surface area contributed by atoms with Gasteiger partial charge in [-0.2, -0.15) is 5.10 Å². The van der Waals surface area contributed by atoms with Crippen LogP contribution in [0.2, 0.25) is 5.02 Å². The lowest BCUT2D eigenvalue weighted by Crippen LogP contribution is -2.04. The van der Waals surface area contributed by atoms with Crippen molar-refractivity contribution < 1.29 is 0 Å². The number of hydrogen-bond donors (Lipinski definition) is 1. The second-order valence-electron chi connectivity index (χ2n) is 4.11. The Labute approximate surface area is 106 Å². The molecule has 0 amide bonds. The predicted molar refractivity (Wildman–Crippen MR) is 70.8 cm³/mol. The lowest BCUT2D eigenvalue weighted by atomic mass is 10.1. The van der Waals surface area contributed by atoms with Gasteiger partial charge in [-0.3, -0.25) is 0 Å². The average molecular weight is 250 g/mol. The molecule has 0 fully saturated rings. The second-order valence-corrected chi connectivity index (χ2v) is 4.48. The Kier molecular flexibility index (Phi) is 3.50. The summed E-state index contributed by atoms with van der Waals surface area (Å²) in [6.45, 7) is 4.54. The first-order chi connectivity index (χ1) is 8.13. The fourth-order valence-electron chi connectivity index (χ4n) is 1.89. The summed E-state index contributed by atoms with van der Waals surface area (Å²) in [5.41, 5.74) is 9.63. The van der Waals surface area contributed by atoms with Crippen LogP contribution in [0.3, 0.4) is 0 Å². The van der Waals surface area contributed by atoms with Gasteiger partial charge in [0, 0.05) is 0 Å². The van der Waals surface area contributed by atoms with Gasteiger partial charge in [-0.15, -0.1) is 0 Å². The van der Waals surface area contributed by atoms with E-state index in [1.807, 2.05) is 30.7 Å². The third-order valence-electron chi connectivity index (χ3n) is 2.79. The summed E-state index contributed by atoms with van der Waals surface area (Å²) >= 11 is 6.15.